The Labute approximate surface area is 198 Å². The van der Waals surface area contributed by atoms with Gasteiger partial charge in [0.2, 0.25) is 5.95 Å². The van der Waals surface area contributed by atoms with Crippen molar-refractivity contribution >= 4 is 34.9 Å². The standard InChI is InChI=1S/C23H29N5O4S/c1-23(2,3)17-8-9-24-21(28-17)26-15-11-31-19-16(12-32-18(15)19)27-22(33)25-14-7-5-6-13(10-14)20(29)30-4/h5-10,15-16,18-19H,11-12H2,1-4H3,(H,24,26,28)(H2,25,27,33)/t15-,16-,18+,19+/m0/s1. The van der Waals surface area contributed by atoms with Crippen molar-refractivity contribution < 1.29 is 19.0 Å². The molecule has 2 fully saturated rings. The minimum absolute atomic E-state index is 0.0599. The summed E-state index contributed by atoms with van der Waals surface area (Å²) in [7, 11) is 1.35. The molecule has 4 rings (SSSR count). The molecule has 0 radical (unpaired) electrons. The van der Waals surface area contributed by atoms with Crippen LogP contribution in [-0.4, -0.2) is 65.7 Å². The predicted molar refractivity (Wildman–Crippen MR) is 129 cm³/mol. The molecule has 10 heteroatoms. The molecule has 4 atom stereocenters. The van der Waals surface area contributed by atoms with Crippen molar-refractivity contribution in [2.45, 2.75) is 50.5 Å². The number of aromatic nitrogens is 2. The fraction of sp³-hybridized carbons (Fsp3) is 0.478. The summed E-state index contributed by atoms with van der Waals surface area (Å²) in [4.78, 5) is 20.7. The molecule has 0 amide bonds. The highest BCUT2D eigenvalue weighted by Crippen LogP contribution is 2.29. The van der Waals surface area contributed by atoms with Gasteiger partial charge in [0.1, 0.15) is 12.2 Å². The van der Waals surface area contributed by atoms with E-state index in [2.05, 4.69) is 46.7 Å². The van der Waals surface area contributed by atoms with Gasteiger partial charge in [-0.25, -0.2) is 14.8 Å². The van der Waals surface area contributed by atoms with Crippen molar-refractivity contribution in [3.63, 3.8) is 0 Å². The summed E-state index contributed by atoms with van der Waals surface area (Å²) in [5, 5.41) is 10.2. The van der Waals surface area contributed by atoms with Crippen molar-refractivity contribution in [2.24, 2.45) is 0 Å². The van der Waals surface area contributed by atoms with Crippen molar-refractivity contribution in [1.82, 2.24) is 15.3 Å². The van der Waals surface area contributed by atoms with Gasteiger partial charge in [-0.1, -0.05) is 26.8 Å². The van der Waals surface area contributed by atoms with E-state index < -0.39 is 5.97 Å². The molecular weight excluding hydrogens is 442 g/mol. The molecule has 2 aliphatic heterocycles. The van der Waals surface area contributed by atoms with Gasteiger partial charge in [0.15, 0.2) is 5.11 Å². The van der Waals surface area contributed by atoms with Gasteiger partial charge in [-0.2, -0.15) is 0 Å². The number of carbonyl (C=O) groups is 1. The van der Waals surface area contributed by atoms with Gasteiger partial charge in [-0.05, 0) is 36.5 Å². The van der Waals surface area contributed by atoms with E-state index in [4.69, 9.17) is 26.4 Å². The van der Waals surface area contributed by atoms with Gasteiger partial charge in [0, 0.05) is 17.3 Å². The first-order valence-electron chi connectivity index (χ1n) is 10.8. The van der Waals surface area contributed by atoms with Gasteiger partial charge in [0.05, 0.1) is 43.7 Å². The number of rotatable bonds is 5. The first-order valence-corrected chi connectivity index (χ1v) is 11.2. The van der Waals surface area contributed by atoms with Crippen LogP contribution in [0.2, 0.25) is 0 Å². The van der Waals surface area contributed by atoms with Crippen LogP contribution in [0.3, 0.4) is 0 Å². The summed E-state index contributed by atoms with van der Waals surface area (Å²) < 4.78 is 16.8. The van der Waals surface area contributed by atoms with E-state index in [1.807, 2.05) is 12.1 Å². The number of hydrogen-bond donors (Lipinski definition) is 3. The van der Waals surface area contributed by atoms with E-state index in [-0.39, 0.29) is 29.7 Å². The van der Waals surface area contributed by atoms with Crippen LogP contribution in [0.25, 0.3) is 0 Å². The maximum Gasteiger partial charge on any atom is 0.337 e. The van der Waals surface area contributed by atoms with Gasteiger partial charge < -0.3 is 30.2 Å². The van der Waals surface area contributed by atoms with E-state index in [1.54, 1.807) is 24.4 Å². The number of ether oxygens (including phenoxy) is 3. The molecule has 2 saturated heterocycles. The number of thiocarbonyl (C=S) groups is 1. The Kier molecular flexibility index (Phi) is 6.78. The van der Waals surface area contributed by atoms with Crippen LogP contribution >= 0.6 is 12.2 Å². The minimum atomic E-state index is -0.403. The first-order chi connectivity index (χ1) is 15.7. The second-order valence-electron chi connectivity index (χ2n) is 9.14. The molecule has 3 N–H and O–H groups in total. The zero-order valence-corrected chi connectivity index (χ0v) is 19.9. The van der Waals surface area contributed by atoms with Crippen LogP contribution in [0.5, 0.6) is 0 Å². The first kappa shape index (κ1) is 23.3. The maximum absolute atomic E-state index is 11.7. The van der Waals surface area contributed by atoms with Crippen molar-refractivity contribution in [3.05, 3.63) is 47.8 Å². The lowest BCUT2D eigenvalue weighted by atomic mass is 9.92. The Morgan fingerprint density at radius 3 is 2.61 bits per heavy atom. The van der Waals surface area contributed by atoms with Gasteiger partial charge in [0.25, 0.3) is 0 Å². The number of hydrogen-bond acceptors (Lipinski definition) is 8. The number of anilines is 2. The molecule has 2 aromatic rings. The molecule has 176 valence electrons. The zero-order chi connectivity index (χ0) is 23.6. The second-order valence-corrected chi connectivity index (χ2v) is 9.55. The lowest BCUT2D eigenvalue weighted by molar-refractivity contribution is 0.0601. The highest BCUT2D eigenvalue weighted by atomic mass is 32.1. The number of nitrogens with zero attached hydrogens (tertiary/aromatic N) is 2. The number of fused-ring (bicyclic) bond motifs is 1. The number of methoxy groups -OCH3 is 1. The predicted octanol–water partition coefficient (Wildman–Crippen LogP) is 2.49. The Morgan fingerprint density at radius 2 is 1.88 bits per heavy atom. The molecule has 3 heterocycles. The monoisotopic (exact) mass is 471 g/mol. The zero-order valence-electron chi connectivity index (χ0n) is 19.1. The molecule has 0 saturated carbocycles. The van der Waals surface area contributed by atoms with Crippen LogP contribution < -0.4 is 16.0 Å². The third-order valence-electron chi connectivity index (χ3n) is 5.65. The van der Waals surface area contributed by atoms with E-state index in [0.717, 1.165) is 5.69 Å². The third kappa shape index (κ3) is 5.40. The number of esters is 1. The fourth-order valence-corrected chi connectivity index (χ4v) is 4.21. The van der Waals surface area contributed by atoms with Crippen molar-refractivity contribution in [3.8, 4) is 0 Å². The molecular formula is C23H29N5O4S. The number of benzene rings is 1. The van der Waals surface area contributed by atoms with Crippen LogP contribution in [0.1, 0.15) is 36.8 Å². The summed E-state index contributed by atoms with van der Waals surface area (Å²) in [6.45, 7) is 7.30. The van der Waals surface area contributed by atoms with Gasteiger partial charge >= 0.3 is 5.97 Å². The molecule has 2 aliphatic rings. The summed E-state index contributed by atoms with van der Waals surface area (Å²) in [5.41, 5.74) is 2.04. The number of nitrogens with one attached hydrogen (secondary N) is 3. The van der Waals surface area contributed by atoms with E-state index in [1.165, 1.54) is 7.11 Å². The summed E-state index contributed by atoms with van der Waals surface area (Å²) in [6, 6.07) is 8.72. The molecule has 0 spiro atoms. The molecule has 1 aromatic carbocycles. The van der Waals surface area contributed by atoms with E-state index in [0.29, 0.717) is 35.5 Å². The summed E-state index contributed by atoms with van der Waals surface area (Å²) >= 11 is 5.47. The Morgan fingerprint density at radius 1 is 1.15 bits per heavy atom. The van der Waals surface area contributed by atoms with E-state index in [9.17, 15) is 4.79 Å². The third-order valence-corrected chi connectivity index (χ3v) is 5.87. The molecule has 0 aliphatic carbocycles. The average molecular weight is 472 g/mol. The lowest BCUT2D eigenvalue weighted by Crippen LogP contribution is -2.46. The van der Waals surface area contributed by atoms with Crippen molar-refractivity contribution in [1.29, 1.82) is 0 Å². The van der Waals surface area contributed by atoms with Gasteiger partial charge in [-0.15, -0.1) is 0 Å². The molecule has 9 nitrogen and oxygen atoms in total. The Hall–Kier alpha value is -2.82. The van der Waals surface area contributed by atoms with E-state index >= 15 is 0 Å². The molecule has 33 heavy (non-hydrogen) atoms. The summed E-state index contributed by atoms with van der Waals surface area (Å²) in [6.07, 6.45) is 1.46. The Bertz CT molecular complexity index is 1030. The Balaban J connectivity index is 1.34. The normalized spacial score (nSPS) is 24.1. The number of carbonyl (C=O) groups excluding carboxylic acids is 1. The summed E-state index contributed by atoms with van der Waals surface area (Å²) in [5.74, 6) is 0.166. The maximum atomic E-state index is 11.7. The minimum Gasteiger partial charge on any atom is -0.465 e. The molecule has 0 unspecified atom stereocenters. The SMILES string of the molecule is COC(=O)c1cccc(NC(=S)N[C@H]2CO[C@H]3[C@@H]2OC[C@@H]3Nc2nccc(C(C)(C)C)n2)c1. The topological polar surface area (TPSA) is 107 Å². The molecule has 1 aromatic heterocycles. The quantitative estimate of drug-likeness (QED) is 0.445. The van der Waals surface area contributed by atoms with Crippen LogP contribution in [0.4, 0.5) is 11.6 Å². The largest absolute Gasteiger partial charge is 0.465 e. The van der Waals surface area contributed by atoms with Crippen molar-refractivity contribution in [2.75, 3.05) is 31.0 Å². The fourth-order valence-electron chi connectivity index (χ4n) is 3.94. The highest BCUT2D eigenvalue weighted by molar-refractivity contribution is 7.80. The second kappa shape index (κ2) is 9.58. The van der Waals surface area contributed by atoms with Crippen LogP contribution in [-0.2, 0) is 19.6 Å². The average Bonchev–Trinajstić information content (AvgIpc) is 3.36. The molecule has 0 bridgehead atoms. The van der Waals surface area contributed by atoms with Crippen LogP contribution in [0.15, 0.2) is 36.5 Å². The van der Waals surface area contributed by atoms with Gasteiger partial charge in [-0.3, -0.25) is 0 Å². The smallest absolute Gasteiger partial charge is 0.337 e. The van der Waals surface area contributed by atoms with Crippen LogP contribution in [0, 0.1) is 0 Å². The lowest BCUT2D eigenvalue weighted by Gasteiger charge is -2.21. The highest BCUT2D eigenvalue weighted by Gasteiger charge is 2.48.